The van der Waals surface area contributed by atoms with Gasteiger partial charge in [0.2, 0.25) is 0 Å². The summed E-state index contributed by atoms with van der Waals surface area (Å²) >= 11 is 12.7. The van der Waals surface area contributed by atoms with Crippen LogP contribution in [0.2, 0.25) is 5.02 Å². The number of nitrogens with one attached hydrogen (secondary N) is 1. The van der Waals surface area contributed by atoms with Crippen molar-refractivity contribution in [1.29, 1.82) is 0 Å². The van der Waals surface area contributed by atoms with Crippen molar-refractivity contribution in [2.45, 2.75) is 0 Å². The Hall–Kier alpha value is -0.580. The highest BCUT2D eigenvalue weighted by molar-refractivity contribution is 9.11. The van der Waals surface area contributed by atoms with E-state index in [2.05, 4.69) is 42.2 Å². The van der Waals surface area contributed by atoms with Gasteiger partial charge in [0.25, 0.3) is 0 Å². The van der Waals surface area contributed by atoms with Crippen LogP contribution in [-0.4, -0.2) is 4.98 Å². The zero-order valence-electron chi connectivity index (χ0n) is 8.05. The highest BCUT2D eigenvalue weighted by Crippen LogP contribution is 2.29. The van der Waals surface area contributed by atoms with Crippen LogP contribution in [0, 0.1) is 0 Å². The monoisotopic (exact) mass is 360 g/mol. The van der Waals surface area contributed by atoms with Gasteiger partial charge >= 0.3 is 0 Å². The Morgan fingerprint density at radius 1 is 1.12 bits per heavy atom. The van der Waals surface area contributed by atoms with E-state index >= 15 is 0 Å². The molecule has 2 aromatic rings. The minimum absolute atomic E-state index is 0.694. The Kier molecular flexibility index (Phi) is 3.84. The third-order valence-corrected chi connectivity index (χ3v) is 3.82. The van der Waals surface area contributed by atoms with Crippen LogP contribution >= 0.6 is 43.5 Å². The van der Waals surface area contributed by atoms with Gasteiger partial charge in [-0.2, -0.15) is 0 Å². The summed E-state index contributed by atoms with van der Waals surface area (Å²) in [6.07, 6.45) is 3.48. The van der Waals surface area contributed by atoms with Crippen molar-refractivity contribution in [2.24, 2.45) is 0 Å². The average molecular weight is 362 g/mol. The third-order valence-electron chi connectivity index (χ3n) is 1.97. The fraction of sp³-hybridized carbons (Fsp3) is 0. The average Bonchev–Trinajstić information content (AvgIpc) is 2.27. The van der Waals surface area contributed by atoms with Crippen molar-refractivity contribution in [2.75, 3.05) is 5.32 Å². The summed E-state index contributed by atoms with van der Waals surface area (Å²) in [5.74, 6) is 0. The van der Waals surface area contributed by atoms with Crippen LogP contribution in [0.3, 0.4) is 0 Å². The standard InChI is InChI=1S/C11H7Br2ClN2/c12-8-5-7(1-2-10(8)14)16-11-3-4-15-6-9(11)13/h1-6H,(H,15,16). The van der Waals surface area contributed by atoms with E-state index in [1.54, 1.807) is 12.4 Å². The Morgan fingerprint density at radius 2 is 1.94 bits per heavy atom. The third kappa shape index (κ3) is 2.75. The molecule has 0 bridgehead atoms. The van der Waals surface area contributed by atoms with Crippen LogP contribution in [0.1, 0.15) is 0 Å². The molecule has 0 saturated heterocycles. The molecule has 0 atom stereocenters. The molecule has 0 radical (unpaired) electrons. The molecule has 16 heavy (non-hydrogen) atoms. The topological polar surface area (TPSA) is 24.9 Å². The van der Waals surface area contributed by atoms with Crippen LogP contribution in [0.15, 0.2) is 45.6 Å². The molecule has 0 amide bonds. The molecule has 1 heterocycles. The zero-order valence-corrected chi connectivity index (χ0v) is 12.0. The summed E-state index contributed by atoms with van der Waals surface area (Å²) < 4.78 is 1.78. The van der Waals surface area contributed by atoms with Crippen molar-refractivity contribution in [3.05, 3.63) is 50.6 Å². The molecule has 0 fully saturated rings. The molecule has 1 aromatic heterocycles. The minimum atomic E-state index is 0.694. The summed E-state index contributed by atoms with van der Waals surface area (Å²) in [6, 6.07) is 7.57. The predicted octanol–water partition coefficient (Wildman–Crippen LogP) is 5.00. The first-order valence-corrected chi connectivity index (χ1v) is 6.45. The molecular weight excluding hydrogens is 355 g/mol. The summed E-state index contributed by atoms with van der Waals surface area (Å²) in [4.78, 5) is 4.00. The first kappa shape index (κ1) is 11.9. The smallest absolute Gasteiger partial charge is 0.0593 e. The maximum Gasteiger partial charge on any atom is 0.0593 e. The number of benzene rings is 1. The SMILES string of the molecule is Clc1ccc(Nc2ccncc2Br)cc1Br. The van der Waals surface area contributed by atoms with E-state index in [1.807, 2.05) is 24.3 Å². The van der Waals surface area contributed by atoms with Crippen molar-refractivity contribution >= 4 is 54.8 Å². The Labute approximate surface area is 115 Å². The van der Waals surface area contributed by atoms with Crippen molar-refractivity contribution in [3.8, 4) is 0 Å². The van der Waals surface area contributed by atoms with E-state index in [1.165, 1.54) is 0 Å². The molecule has 0 aliphatic heterocycles. The van der Waals surface area contributed by atoms with Gasteiger partial charge in [0.05, 0.1) is 15.2 Å². The molecular formula is C11H7Br2ClN2. The van der Waals surface area contributed by atoms with Crippen LogP contribution in [0.5, 0.6) is 0 Å². The normalized spacial score (nSPS) is 10.2. The molecule has 1 aromatic carbocycles. The first-order valence-electron chi connectivity index (χ1n) is 4.48. The van der Waals surface area contributed by atoms with Gasteiger partial charge in [0.15, 0.2) is 0 Å². The van der Waals surface area contributed by atoms with Gasteiger partial charge in [-0.1, -0.05) is 11.6 Å². The van der Waals surface area contributed by atoms with E-state index in [-0.39, 0.29) is 0 Å². The second kappa shape index (κ2) is 5.17. The fourth-order valence-electron chi connectivity index (χ4n) is 1.21. The molecule has 0 saturated carbocycles. The van der Waals surface area contributed by atoms with E-state index < -0.39 is 0 Å². The number of halogens is 3. The van der Waals surface area contributed by atoms with Crippen LogP contribution in [0.25, 0.3) is 0 Å². The second-order valence-corrected chi connectivity index (χ2v) is 5.23. The summed E-state index contributed by atoms with van der Waals surface area (Å²) in [6.45, 7) is 0. The first-order chi connectivity index (χ1) is 7.66. The largest absolute Gasteiger partial charge is 0.354 e. The highest BCUT2D eigenvalue weighted by Gasteiger charge is 2.02. The zero-order chi connectivity index (χ0) is 11.5. The molecule has 0 aliphatic carbocycles. The number of hydrogen-bond acceptors (Lipinski definition) is 2. The molecule has 82 valence electrons. The van der Waals surface area contributed by atoms with Crippen LogP contribution < -0.4 is 5.32 Å². The Balaban J connectivity index is 2.28. The minimum Gasteiger partial charge on any atom is -0.354 e. The van der Waals surface area contributed by atoms with Crippen molar-refractivity contribution < 1.29 is 0 Å². The van der Waals surface area contributed by atoms with E-state index in [9.17, 15) is 0 Å². The summed E-state index contributed by atoms with van der Waals surface area (Å²) in [5, 5.41) is 3.96. The molecule has 0 spiro atoms. The lowest BCUT2D eigenvalue weighted by Crippen LogP contribution is -1.91. The lowest BCUT2D eigenvalue weighted by Gasteiger charge is -2.08. The van der Waals surface area contributed by atoms with Crippen LogP contribution in [0.4, 0.5) is 11.4 Å². The van der Waals surface area contributed by atoms with E-state index in [0.717, 1.165) is 20.3 Å². The predicted molar refractivity (Wildman–Crippen MR) is 74.4 cm³/mol. The van der Waals surface area contributed by atoms with Gasteiger partial charge in [-0.3, -0.25) is 4.98 Å². The molecule has 1 N–H and O–H groups in total. The van der Waals surface area contributed by atoms with E-state index in [0.29, 0.717) is 5.02 Å². The van der Waals surface area contributed by atoms with E-state index in [4.69, 9.17) is 11.6 Å². The number of nitrogens with zero attached hydrogens (tertiary/aromatic N) is 1. The van der Waals surface area contributed by atoms with Crippen LogP contribution in [-0.2, 0) is 0 Å². The van der Waals surface area contributed by atoms with Crippen molar-refractivity contribution in [1.82, 2.24) is 4.98 Å². The van der Waals surface area contributed by atoms with Gasteiger partial charge in [-0.15, -0.1) is 0 Å². The summed E-state index contributed by atoms with van der Waals surface area (Å²) in [5.41, 5.74) is 1.92. The number of hydrogen-bond donors (Lipinski definition) is 1. The molecule has 2 nitrogen and oxygen atoms in total. The lowest BCUT2D eigenvalue weighted by molar-refractivity contribution is 1.30. The fourth-order valence-corrected chi connectivity index (χ4v) is 2.05. The van der Waals surface area contributed by atoms with Gasteiger partial charge in [0, 0.05) is 22.6 Å². The number of anilines is 2. The Bertz CT molecular complexity index is 517. The summed E-state index contributed by atoms with van der Waals surface area (Å²) in [7, 11) is 0. The number of rotatable bonds is 2. The quantitative estimate of drug-likeness (QED) is 0.813. The molecule has 0 unspecified atom stereocenters. The maximum absolute atomic E-state index is 5.92. The number of aromatic nitrogens is 1. The van der Waals surface area contributed by atoms with Gasteiger partial charge in [-0.05, 0) is 56.1 Å². The van der Waals surface area contributed by atoms with Gasteiger partial charge in [-0.25, -0.2) is 0 Å². The molecule has 5 heteroatoms. The molecule has 0 aliphatic rings. The van der Waals surface area contributed by atoms with Crippen molar-refractivity contribution in [3.63, 3.8) is 0 Å². The second-order valence-electron chi connectivity index (χ2n) is 3.11. The highest BCUT2D eigenvalue weighted by atomic mass is 79.9. The molecule has 2 rings (SSSR count). The van der Waals surface area contributed by atoms with Gasteiger partial charge in [0.1, 0.15) is 0 Å². The lowest BCUT2D eigenvalue weighted by atomic mass is 10.3. The number of pyridine rings is 1. The van der Waals surface area contributed by atoms with Gasteiger partial charge < -0.3 is 5.32 Å². The maximum atomic E-state index is 5.92. The Morgan fingerprint density at radius 3 is 2.62 bits per heavy atom.